The molecular formula is C23H22N4O4S. The third kappa shape index (κ3) is 3.99. The molecule has 3 aromatic rings. The van der Waals surface area contributed by atoms with Crippen molar-refractivity contribution in [2.24, 2.45) is 0 Å². The summed E-state index contributed by atoms with van der Waals surface area (Å²) in [4.78, 5) is 19.0. The van der Waals surface area contributed by atoms with Crippen LogP contribution in [0.3, 0.4) is 0 Å². The van der Waals surface area contributed by atoms with Gasteiger partial charge in [-0.1, -0.05) is 36.0 Å². The van der Waals surface area contributed by atoms with Crippen LogP contribution in [-0.2, 0) is 4.79 Å². The molecule has 9 heteroatoms. The molecule has 1 aliphatic heterocycles. The molecule has 1 aromatic heterocycles. The molecule has 2 aromatic carbocycles. The number of thioether (sulfide) groups is 1. The van der Waals surface area contributed by atoms with Crippen molar-refractivity contribution in [1.82, 2.24) is 15.2 Å². The molecule has 0 N–H and O–H groups in total. The molecule has 164 valence electrons. The predicted molar refractivity (Wildman–Crippen MR) is 122 cm³/mol. The Morgan fingerprint density at radius 1 is 1.22 bits per heavy atom. The number of hydrogen-bond acceptors (Lipinski definition) is 8. The van der Waals surface area contributed by atoms with Crippen molar-refractivity contribution in [3.05, 3.63) is 60.7 Å². The highest BCUT2D eigenvalue weighted by atomic mass is 32.2. The number of para-hydroxylation sites is 1. The van der Waals surface area contributed by atoms with E-state index in [1.54, 1.807) is 37.3 Å². The lowest BCUT2D eigenvalue weighted by atomic mass is 10.1. The SMILES string of the molecule is C=CCSc1nnc2c(n1)O[C@@H](c1ccc(OC)cc1OC)N(C(C)=O)c1ccccc1-2. The lowest BCUT2D eigenvalue weighted by Crippen LogP contribution is -2.36. The maximum Gasteiger partial charge on any atom is 0.247 e. The minimum Gasteiger partial charge on any atom is -0.497 e. The number of benzene rings is 2. The molecule has 0 saturated heterocycles. The quantitative estimate of drug-likeness (QED) is 0.406. The number of ether oxygens (including phenoxy) is 3. The summed E-state index contributed by atoms with van der Waals surface area (Å²) in [5, 5.41) is 9.06. The van der Waals surface area contributed by atoms with Gasteiger partial charge in [-0.2, -0.15) is 4.98 Å². The highest BCUT2D eigenvalue weighted by molar-refractivity contribution is 7.99. The molecule has 0 saturated carbocycles. The Bertz CT molecular complexity index is 1170. The Labute approximate surface area is 190 Å². The standard InChI is InChI=1S/C23H22N4O4S/c1-5-12-32-23-24-21-20(25-26-23)16-8-6-7-9-18(16)27(14(2)28)22(31-21)17-11-10-15(29-3)13-19(17)30-4/h5-11,13,22H,1,12H2,2-4H3/t22-/m0/s1. The van der Waals surface area contributed by atoms with Crippen molar-refractivity contribution >= 4 is 23.4 Å². The molecule has 32 heavy (non-hydrogen) atoms. The summed E-state index contributed by atoms with van der Waals surface area (Å²) in [5.41, 5.74) is 2.45. The maximum absolute atomic E-state index is 12.9. The Morgan fingerprint density at radius 2 is 2.03 bits per heavy atom. The number of carbonyl (C=O) groups is 1. The van der Waals surface area contributed by atoms with Crippen LogP contribution in [0.4, 0.5) is 5.69 Å². The number of anilines is 1. The number of nitrogens with zero attached hydrogens (tertiary/aromatic N) is 4. The Balaban J connectivity index is 1.93. The van der Waals surface area contributed by atoms with Gasteiger partial charge in [0.15, 0.2) is 5.69 Å². The maximum atomic E-state index is 12.9. The summed E-state index contributed by atoms with van der Waals surface area (Å²) < 4.78 is 17.3. The van der Waals surface area contributed by atoms with Crippen LogP contribution < -0.4 is 19.1 Å². The second kappa shape index (κ2) is 9.27. The first kappa shape index (κ1) is 21.6. The van der Waals surface area contributed by atoms with E-state index in [2.05, 4.69) is 21.8 Å². The van der Waals surface area contributed by atoms with Crippen molar-refractivity contribution in [3.8, 4) is 28.6 Å². The topological polar surface area (TPSA) is 86.7 Å². The summed E-state index contributed by atoms with van der Waals surface area (Å²) in [7, 11) is 3.14. The number of carbonyl (C=O) groups excluding carboxylic acids is 1. The first-order chi connectivity index (χ1) is 15.6. The summed E-state index contributed by atoms with van der Waals surface area (Å²) in [6.07, 6.45) is 0.919. The van der Waals surface area contributed by atoms with Gasteiger partial charge in [-0.3, -0.25) is 9.69 Å². The highest BCUT2D eigenvalue weighted by Crippen LogP contribution is 2.45. The van der Waals surface area contributed by atoms with Crippen LogP contribution in [0.2, 0.25) is 0 Å². The van der Waals surface area contributed by atoms with Gasteiger partial charge in [-0.05, 0) is 18.2 Å². The Hall–Kier alpha value is -3.59. The molecule has 0 radical (unpaired) electrons. The number of hydrogen-bond donors (Lipinski definition) is 0. The van der Waals surface area contributed by atoms with E-state index in [0.717, 1.165) is 0 Å². The largest absolute Gasteiger partial charge is 0.497 e. The average molecular weight is 451 g/mol. The lowest BCUT2D eigenvalue weighted by molar-refractivity contribution is -0.118. The number of methoxy groups -OCH3 is 2. The van der Waals surface area contributed by atoms with Gasteiger partial charge < -0.3 is 14.2 Å². The Morgan fingerprint density at radius 3 is 2.75 bits per heavy atom. The van der Waals surface area contributed by atoms with Crippen LogP contribution in [-0.4, -0.2) is 41.1 Å². The normalized spacial score (nSPS) is 14.5. The zero-order valence-corrected chi connectivity index (χ0v) is 18.8. The van der Waals surface area contributed by atoms with Crippen molar-refractivity contribution in [3.63, 3.8) is 0 Å². The van der Waals surface area contributed by atoms with Gasteiger partial charge in [0.2, 0.25) is 23.2 Å². The molecule has 0 bridgehead atoms. The Kier molecular flexibility index (Phi) is 6.27. The number of aromatic nitrogens is 3. The molecule has 1 atom stereocenters. The van der Waals surface area contributed by atoms with Gasteiger partial charge in [-0.15, -0.1) is 16.8 Å². The van der Waals surface area contributed by atoms with Crippen LogP contribution in [0.25, 0.3) is 11.3 Å². The summed E-state index contributed by atoms with van der Waals surface area (Å²) >= 11 is 1.39. The highest BCUT2D eigenvalue weighted by Gasteiger charge is 2.36. The van der Waals surface area contributed by atoms with Crippen LogP contribution in [0.5, 0.6) is 17.4 Å². The molecule has 0 spiro atoms. The number of amides is 1. The van der Waals surface area contributed by atoms with E-state index in [1.807, 2.05) is 30.3 Å². The van der Waals surface area contributed by atoms with E-state index >= 15 is 0 Å². The van der Waals surface area contributed by atoms with E-state index in [9.17, 15) is 4.79 Å². The second-order valence-electron chi connectivity index (χ2n) is 6.83. The fourth-order valence-electron chi connectivity index (χ4n) is 3.47. The van der Waals surface area contributed by atoms with Crippen molar-refractivity contribution < 1.29 is 19.0 Å². The van der Waals surface area contributed by atoms with Crippen molar-refractivity contribution in [1.29, 1.82) is 0 Å². The molecule has 1 amide bonds. The molecule has 0 unspecified atom stereocenters. The van der Waals surface area contributed by atoms with E-state index in [1.165, 1.54) is 18.7 Å². The fourth-order valence-corrected chi connectivity index (χ4v) is 3.99. The monoisotopic (exact) mass is 450 g/mol. The van der Waals surface area contributed by atoms with Gasteiger partial charge in [0.1, 0.15) is 11.5 Å². The molecular weight excluding hydrogens is 428 g/mol. The molecule has 0 fully saturated rings. The minimum atomic E-state index is -0.843. The zero-order chi connectivity index (χ0) is 22.7. The third-order valence-electron chi connectivity index (χ3n) is 4.89. The first-order valence-electron chi connectivity index (χ1n) is 9.83. The van der Waals surface area contributed by atoms with E-state index in [0.29, 0.717) is 44.9 Å². The van der Waals surface area contributed by atoms with Crippen LogP contribution >= 0.6 is 11.8 Å². The second-order valence-corrected chi connectivity index (χ2v) is 7.82. The zero-order valence-electron chi connectivity index (χ0n) is 17.9. The minimum absolute atomic E-state index is 0.206. The predicted octanol–water partition coefficient (Wildman–Crippen LogP) is 4.28. The fraction of sp³-hybridized carbons (Fsp3) is 0.217. The molecule has 4 rings (SSSR count). The summed E-state index contributed by atoms with van der Waals surface area (Å²) in [5.74, 6) is 1.85. The van der Waals surface area contributed by atoms with Crippen molar-refractivity contribution in [2.75, 3.05) is 24.9 Å². The number of rotatable bonds is 6. The van der Waals surface area contributed by atoms with Gasteiger partial charge >= 0.3 is 0 Å². The van der Waals surface area contributed by atoms with E-state index < -0.39 is 6.23 Å². The molecule has 0 aliphatic carbocycles. The number of fused-ring (bicyclic) bond motifs is 3. The molecule has 1 aliphatic rings. The van der Waals surface area contributed by atoms with Gasteiger partial charge in [0.25, 0.3) is 0 Å². The van der Waals surface area contributed by atoms with Crippen LogP contribution in [0.1, 0.15) is 18.7 Å². The van der Waals surface area contributed by atoms with Gasteiger partial charge in [-0.25, -0.2) is 0 Å². The lowest BCUT2D eigenvalue weighted by Gasteiger charge is -2.30. The average Bonchev–Trinajstić information content (AvgIpc) is 2.96. The summed E-state index contributed by atoms with van der Waals surface area (Å²) in [6.45, 7) is 5.22. The smallest absolute Gasteiger partial charge is 0.247 e. The third-order valence-corrected chi connectivity index (χ3v) is 5.72. The summed E-state index contributed by atoms with van der Waals surface area (Å²) in [6, 6.07) is 12.8. The first-order valence-corrected chi connectivity index (χ1v) is 10.8. The molecule has 2 heterocycles. The van der Waals surface area contributed by atoms with Gasteiger partial charge in [0, 0.05) is 24.3 Å². The van der Waals surface area contributed by atoms with E-state index in [-0.39, 0.29) is 11.8 Å². The molecule has 8 nitrogen and oxygen atoms in total. The van der Waals surface area contributed by atoms with Crippen molar-refractivity contribution in [2.45, 2.75) is 18.3 Å². The van der Waals surface area contributed by atoms with E-state index in [4.69, 9.17) is 14.2 Å². The van der Waals surface area contributed by atoms with Crippen LogP contribution in [0, 0.1) is 0 Å². The van der Waals surface area contributed by atoms with Gasteiger partial charge in [0.05, 0.1) is 25.5 Å². The van der Waals surface area contributed by atoms with Crippen LogP contribution in [0.15, 0.2) is 60.3 Å².